The number of nitrogens with zero attached hydrogens (tertiary/aromatic N) is 1. The Bertz CT molecular complexity index is 1480. The molecule has 2 unspecified atom stereocenters. The highest BCUT2D eigenvalue weighted by Crippen LogP contribution is 2.29. The van der Waals surface area contributed by atoms with E-state index in [9.17, 15) is 19.5 Å². The average Bonchev–Trinajstić information content (AvgIpc) is 3.37. The SMILES string of the molecule is O=C(CSc1cccc(NC(=O)C2CC=CCC2C(=O)O)c1)Nc1ccc(-c2nc3ccccc3o2)cc1. The van der Waals surface area contributed by atoms with E-state index < -0.39 is 17.8 Å². The summed E-state index contributed by atoms with van der Waals surface area (Å²) in [5.74, 6) is -2.10. The summed E-state index contributed by atoms with van der Waals surface area (Å²) in [4.78, 5) is 42.1. The molecule has 8 nitrogen and oxygen atoms in total. The molecule has 0 spiro atoms. The summed E-state index contributed by atoms with van der Waals surface area (Å²) in [7, 11) is 0. The van der Waals surface area contributed by atoms with Crippen LogP contribution >= 0.6 is 11.8 Å². The minimum atomic E-state index is -0.967. The van der Waals surface area contributed by atoms with Gasteiger partial charge in [0, 0.05) is 21.8 Å². The zero-order valence-electron chi connectivity index (χ0n) is 20.3. The van der Waals surface area contributed by atoms with Gasteiger partial charge in [0.2, 0.25) is 17.7 Å². The number of amides is 2. The first kappa shape index (κ1) is 25.3. The van der Waals surface area contributed by atoms with Crippen molar-refractivity contribution in [3.05, 3.63) is 84.9 Å². The molecule has 0 fully saturated rings. The highest BCUT2D eigenvalue weighted by Gasteiger charge is 2.33. The smallest absolute Gasteiger partial charge is 0.307 e. The number of fused-ring (bicyclic) bond motifs is 1. The van der Waals surface area contributed by atoms with Crippen molar-refractivity contribution in [3.8, 4) is 11.5 Å². The fraction of sp³-hybridized carbons (Fsp3) is 0.172. The first-order valence-electron chi connectivity index (χ1n) is 12.1. The molecule has 0 aliphatic heterocycles. The summed E-state index contributed by atoms with van der Waals surface area (Å²) >= 11 is 1.34. The van der Waals surface area contributed by atoms with Gasteiger partial charge in [0.05, 0.1) is 17.6 Å². The Morgan fingerprint density at radius 2 is 1.66 bits per heavy atom. The quantitative estimate of drug-likeness (QED) is 0.195. The molecule has 0 radical (unpaired) electrons. The summed E-state index contributed by atoms with van der Waals surface area (Å²) in [5.41, 5.74) is 3.54. The largest absolute Gasteiger partial charge is 0.481 e. The van der Waals surface area contributed by atoms with Gasteiger partial charge in [-0.1, -0.05) is 30.4 Å². The molecular weight excluding hydrogens is 502 g/mol. The van der Waals surface area contributed by atoms with Crippen LogP contribution < -0.4 is 10.6 Å². The zero-order valence-corrected chi connectivity index (χ0v) is 21.1. The van der Waals surface area contributed by atoms with Gasteiger partial charge in [0.15, 0.2) is 5.58 Å². The second-order valence-electron chi connectivity index (χ2n) is 8.91. The molecule has 38 heavy (non-hydrogen) atoms. The molecule has 3 aromatic carbocycles. The number of carboxylic acid groups (broad SMARTS) is 1. The van der Waals surface area contributed by atoms with E-state index in [0.29, 0.717) is 30.1 Å². The second kappa shape index (κ2) is 11.4. The van der Waals surface area contributed by atoms with E-state index >= 15 is 0 Å². The van der Waals surface area contributed by atoms with Crippen molar-refractivity contribution in [2.75, 3.05) is 16.4 Å². The highest BCUT2D eigenvalue weighted by atomic mass is 32.2. The van der Waals surface area contributed by atoms with Crippen LogP contribution in [0.2, 0.25) is 0 Å². The van der Waals surface area contributed by atoms with E-state index in [1.807, 2.05) is 48.5 Å². The van der Waals surface area contributed by atoms with Crippen LogP contribution in [0.5, 0.6) is 0 Å². The third-order valence-corrected chi connectivity index (χ3v) is 7.26. The van der Waals surface area contributed by atoms with Gasteiger partial charge in [0.25, 0.3) is 0 Å². The van der Waals surface area contributed by atoms with Gasteiger partial charge in [0.1, 0.15) is 5.52 Å². The number of anilines is 2. The molecule has 0 bridgehead atoms. The van der Waals surface area contributed by atoms with Gasteiger partial charge < -0.3 is 20.2 Å². The van der Waals surface area contributed by atoms with E-state index in [1.54, 1.807) is 36.4 Å². The predicted molar refractivity (Wildman–Crippen MR) is 147 cm³/mol. The van der Waals surface area contributed by atoms with Crippen molar-refractivity contribution >= 4 is 52.0 Å². The van der Waals surface area contributed by atoms with E-state index in [0.717, 1.165) is 21.6 Å². The summed E-state index contributed by atoms with van der Waals surface area (Å²) in [6.07, 6.45) is 4.39. The van der Waals surface area contributed by atoms with Crippen molar-refractivity contribution in [2.24, 2.45) is 11.8 Å². The van der Waals surface area contributed by atoms with Gasteiger partial charge in [-0.25, -0.2) is 4.98 Å². The van der Waals surface area contributed by atoms with Crippen LogP contribution in [-0.2, 0) is 14.4 Å². The maximum absolute atomic E-state index is 12.7. The van der Waals surface area contributed by atoms with Crippen LogP contribution in [0.15, 0.2) is 94.3 Å². The summed E-state index contributed by atoms with van der Waals surface area (Å²) in [6, 6.07) is 22.0. The zero-order chi connectivity index (χ0) is 26.5. The molecule has 9 heteroatoms. The number of aromatic nitrogens is 1. The molecule has 192 valence electrons. The van der Waals surface area contributed by atoms with Crippen LogP contribution in [0.1, 0.15) is 12.8 Å². The molecule has 3 N–H and O–H groups in total. The molecule has 1 aliphatic rings. The number of hydrogen-bond donors (Lipinski definition) is 3. The molecule has 5 rings (SSSR count). The fourth-order valence-corrected chi connectivity index (χ4v) is 5.07. The van der Waals surface area contributed by atoms with Crippen molar-refractivity contribution < 1.29 is 23.9 Å². The number of carbonyl (C=O) groups is 3. The first-order chi connectivity index (χ1) is 18.5. The Balaban J connectivity index is 1.15. The molecule has 2 atom stereocenters. The lowest BCUT2D eigenvalue weighted by Crippen LogP contribution is -2.34. The van der Waals surface area contributed by atoms with Crippen molar-refractivity contribution in [1.29, 1.82) is 0 Å². The van der Waals surface area contributed by atoms with E-state index in [2.05, 4.69) is 15.6 Å². The van der Waals surface area contributed by atoms with Crippen LogP contribution in [-0.4, -0.2) is 33.6 Å². The number of carboxylic acids is 1. The Morgan fingerprint density at radius 3 is 2.42 bits per heavy atom. The molecule has 4 aromatic rings. The number of thioether (sulfide) groups is 1. The first-order valence-corrected chi connectivity index (χ1v) is 13.1. The highest BCUT2D eigenvalue weighted by molar-refractivity contribution is 8.00. The molecule has 1 heterocycles. The van der Waals surface area contributed by atoms with Gasteiger partial charge in [-0.3, -0.25) is 14.4 Å². The van der Waals surface area contributed by atoms with Crippen LogP contribution in [0, 0.1) is 11.8 Å². The van der Waals surface area contributed by atoms with E-state index in [-0.39, 0.29) is 17.6 Å². The normalized spacial score (nSPS) is 16.7. The Kier molecular flexibility index (Phi) is 7.55. The van der Waals surface area contributed by atoms with Crippen LogP contribution in [0.3, 0.4) is 0 Å². The Hall–Kier alpha value is -4.37. The number of hydrogen-bond acceptors (Lipinski definition) is 6. The number of rotatable bonds is 8. The van der Waals surface area contributed by atoms with Crippen molar-refractivity contribution in [3.63, 3.8) is 0 Å². The van der Waals surface area contributed by atoms with Crippen molar-refractivity contribution in [1.82, 2.24) is 4.98 Å². The Morgan fingerprint density at radius 1 is 0.895 bits per heavy atom. The van der Waals surface area contributed by atoms with E-state index in [1.165, 1.54) is 11.8 Å². The maximum atomic E-state index is 12.7. The van der Waals surface area contributed by atoms with Crippen LogP contribution in [0.4, 0.5) is 11.4 Å². The van der Waals surface area contributed by atoms with Crippen molar-refractivity contribution in [2.45, 2.75) is 17.7 Å². The lowest BCUT2D eigenvalue weighted by atomic mass is 9.82. The Labute approximate surface area is 223 Å². The summed E-state index contributed by atoms with van der Waals surface area (Å²) in [5, 5.41) is 15.1. The van der Waals surface area contributed by atoms with E-state index in [4.69, 9.17) is 4.42 Å². The number of para-hydroxylation sites is 2. The molecule has 0 saturated carbocycles. The average molecular weight is 528 g/mol. The molecule has 2 amide bonds. The topological polar surface area (TPSA) is 122 Å². The lowest BCUT2D eigenvalue weighted by Gasteiger charge is -2.24. The monoisotopic (exact) mass is 527 g/mol. The third kappa shape index (κ3) is 5.95. The molecule has 1 aliphatic carbocycles. The lowest BCUT2D eigenvalue weighted by molar-refractivity contribution is -0.146. The number of aliphatic carboxylic acids is 1. The number of nitrogens with one attached hydrogen (secondary N) is 2. The fourth-order valence-electron chi connectivity index (χ4n) is 4.31. The van der Waals surface area contributed by atoms with Gasteiger partial charge in [-0.2, -0.15) is 0 Å². The minimum Gasteiger partial charge on any atom is -0.481 e. The molecule has 1 aromatic heterocycles. The van der Waals surface area contributed by atoms with Gasteiger partial charge in [-0.05, 0) is 67.4 Å². The maximum Gasteiger partial charge on any atom is 0.307 e. The summed E-state index contributed by atoms with van der Waals surface area (Å²) < 4.78 is 5.79. The second-order valence-corrected chi connectivity index (χ2v) is 9.96. The number of oxazole rings is 1. The summed E-state index contributed by atoms with van der Waals surface area (Å²) in [6.45, 7) is 0. The number of allylic oxidation sites excluding steroid dienone is 2. The van der Waals surface area contributed by atoms with Gasteiger partial charge >= 0.3 is 5.97 Å². The molecular formula is C29H25N3O5S. The predicted octanol–water partition coefficient (Wildman–Crippen LogP) is 5.83. The number of carbonyl (C=O) groups excluding carboxylic acids is 2. The van der Waals surface area contributed by atoms with Crippen LogP contribution in [0.25, 0.3) is 22.6 Å². The standard InChI is InChI=1S/C29H25N3O5S/c33-26(30-19-14-12-18(13-15-19)28-32-24-10-3-4-11-25(24)37-28)17-38-21-7-5-6-20(16-21)31-27(34)22-8-1-2-9-23(22)29(35)36/h1-7,10-16,22-23H,8-9,17H2,(H,30,33)(H,31,34)(H,35,36). The minimum absolute atomic E-state index is 0.169. The molecule has 0 saturated heterocycles. The third-order valence-electron chi connectivity index (χ3n) is 6.27. The van der Waals surface area contributed by atoms with Gasteiger partial charge in [-0.15, -0.1) is 11.8 Å². The number of benzene rings is 3.